The van der Waals surface area contributed by atoms with Gasteiger partial charge in [0.05, 0.1) is 7.11 Å². The van der Waals surface area contributed by atoms with Crippen molar-refractivity contribution in [3.63, 3.8) is 0 Å². The number of ether oxygens (including phenoxy) is 1. The zero-order chi connectivity index (χ0) is 12.3. The molecule has 2 N–H and O–H groups in total. The average molecular weight is 248 g/mol. The van der Waals surface area contributed by atoms with E-state index in [-0.39, 0.29) is 0 Å². The summed E-state index contributed by atoms with van der Waals surface area (Å²) >= 11 is 6.15. The lowest BCUT2D eigenvalue weighted by molar-refractivity contribution is 0.416. The number of para-hydroxylation sites is 1. The van der Waals surface area contributed by atoms with Crippen LogP contribution < -0.4 is 10.5 Å². The molecule has 0 aliphatic heterocycles. The van der Waals surface area contributed by atoms with Crippen molar-refractivity contribution in [1.29, 1.82) is 0 Å². The average Bonchev–Trinajstić information content (AvgIpc) is 2.38. The van der Waals surface area contributed by atoms with Gasteiger partial charge in [-0.05, 0) is 23.3 Å². The van der Waals surface area contributed by atoms with Gasteiger partial charge in [0.25, 0.3) is 0 Å². The molecule has 0 saturated carbocycles. The summed E-state index contributed by atoms with van der Waals surface area (Å²) in [6.07, 6.45) is 0. The molecule has 88 valence electrons. The number of halogens is 1. The largest absolute Gasteiger partial charge is 0.496 e. The normalized spacial score (nSPS) is 10.3. The van der Waals surface area contributed by atoms with Crippen LogP contribution >= 0.6 is 11.6 Å². The number of nitrogens with two attached hydrogens (primary N) is 1. The summed E-state index contributed by atoms with van der Waals surface area (Å²) in [5.74, 6) is 0.837. The third kappa shape index (κ3) is 2.43. The SMILES string of the molecule is COc1ccccc1-c1ccc(CN)c(Cl)c1. The molecule has 17 heavy (non-hydrogen) atoms. The highest BCUT2D eigenvalue weighted by molar-refractivity contribution is 6.31. The highest BCUT2D eigenvalue weighted by Crippen LogP contribution is 2.32. The van der Waals surface area contributed by atoms with E-state index in [1.165, 1.54) is 0 Å². The molecule has 0 aliphatic carbocycles. The Morgan fingerprint density at radius 2 is 1.94 bits per heavy atom. The second-order valence-corrected chi connectivity index (χ2v) is 4.12. The Bertz CT molecular complexity index is 525. The molecule has 0 aliphatic rings. The molecule has 0 atom stereocenters. The standard InChI is InChI=1S/C14H14ClNO/c1-17-14-5-3-2-4-12(14)10-6-7-11(9-16)13(15)8-10/h2-8H,9,16H2,1H3. The zero-order valence-corrected chi connectivity index (χ0v) is 10.4. The van der Waals surface area contributed by atoms with Gasteiger partial charge in [-0.1, -0.05) is 41.9 Å². The van der Waals surface area contributed by atoms with Gasteiger partial charge in [0.2, 0.25) is 0 Å². The lowest BCUT2D eigenvalue weighted by Gasteiger charge is -2.10. The van der Waals surface area contributed by atoms with Crippen LogP contribution in [0.15, 0.2) is 42.5 Å². The lowest BCUT2D eigenvalue weighted by atomic mass is 10.0. The van der Waals surface area contributed by atoms with Gasteiger partial charge < -0.3 is 10.5 Å². The lowest BCUT2D eigenvalue weighted by Crippen LogP contribution is -1.97. The molecule has 0 amide bonds. The summed E-state index contributed by atoms with van der Waals surface area (Å²) < 4.78 is 5.33. The number of benzene rings is 2. The van der Waals surface area contributed by atoms with Crippen LogP contribution in [0.25, 0.3) is 11.1 Å². The second kappa shape index (κ2) is 5.21. The van der Waals surface area contributed by atoms with Gasteiger partial charge in [-0.15, -0.1) is 0 Å². The van der Waals surface area contributed by atoms with E-state index in [0.29, 0.717) is 11.6 Å². The van der Waals surface area contributed by atoms with E-state index in [1.54, 1.807) is 7.11 Å². The van der Waals surface area contributed by atoms with E-state index >= 15 is 0 Å². The highest BCUT2D eigenvalue weighted by Gasteiger charge is 2.06. The van der Waals surface area contributed by atoms with Crippen LogP contribution in [0.2, 0.25) is 5.02 Å². The Hall–Kier alpha value is -1.51. The summed E-state index contributed by atoms with van der Waals surface area (Å²) in [5.41, 5.74) is 8.60. The first kappa shape index (κ1) is 12.0. The van der Waals surface area contributed by atoms with E-state index in [4.69, 9.17) is 22.1 Å². The fraction of sp³-hybridized carbons (Fsp3) is 0.143. The maximum Gasteiger partial charge on any atom is 0.126 e. The molecule has 2 nitrogen and oxygen atoms in total. The molecule has 2 rings (SSSR count). The van der Waals surface area contributed by atoms with Crippen molar-refractivity contribution >= 4 is 11.6 Å². The first-order valence-corrected chi connectivity index (χ1v) is 5.76. The van der Waals surface area contributed by atoms with Crippen LogP contribution in [0.4, 0.5) is 0 Å². The number of hydrogen-bond donors (Lipinski definition) is 1. The van der Waals surface area contributed by atoms with Crippen LogP contribution in [0.5, 0.6) is 5.75 Å². The molecule has 2 aromatic carbocycles. The van der Waals surface area contributed by atoms with Crippen molar-refractivity contribution in [2.75, 3.05) is 7.11 Å². The molecule has 3 heteroatoms. The molecular weight excluding hydrogens is 234 g/mol. The summed E-state index contributed by atoms with van der Waals surface area (Å²) in [4.78, 5) is 0. The Labute approximate surface area is 106 Å². The maximum atomic E-state index is 6.15. The van der Waals surface area contributed by atoms with Crippen LogP contribution in [0.1, 0.15) is 5.56 Å². The van der Waals surface area contributed by atoms with Crippen LogP contribution in [0.3, 0.4) is 0 Å². The molecule has 2 aromatic rings. The predicted octanol–water partition coefficient (Wildman–Crippen LogP) is 3.47. The van der Waals surface area contributed by atoms with Gasteiger partial charge in [-0.3, -0.25) is 0 Å². The Kier molecular flexibility index (Phi) is 3.67. The van der Waals surface area contributed by atoms with E-state index in [1.807, 2.05) is 42.5 Å². The molecule has 0 heterocycles. The maximum absolute atomic E-state index is 6.15. The minimum Gasteiger partial charge on any atom is -0.496 e. The van der Waals surface area contributed by atoms with E-state index in [9.17, 15) is 0 Å². The van der Waals surface area contributed by atoms with Gasteiger partial charge in [-0.2, -0.15) is 0 Å². The smallest absolute Gasteiger partial charge is 0.126 e. The molecule has 0 unspecified atom stereocenters. The zero-order valence-electron chi connectivity index (χ0n) is 9.61. The summed E-state index contributed by atoms with van der Waals surface area (Å²) in [6, 6.07) is 13.7. The predicted molar refractivity (Wildman–Crippen MR) is 71.3 cm³/mol. The van der Waals surface area contributed by atoms with Crippen LogP contribution in [-0.4, -0.2) is 7.11 Å². The van der Waals surface area contributed by atoms with E-state index in [0.717, 1.165) is 22.4 Å². The number of hydrogen-bond acceptors (Lipinski definition) is 2. The van der Waals surface area contributed by atoms with Gasteiger partial charge in [0.1, 0.15) is 5.75 Å². The van der Waals surface area contributed by atoms with Gasteiger partial charge in [-0.25, -0.2) is 0 Å². The molecule has 0 radical (unpaired) electrons. The van der Waals surface area contributed by atoms with Gasteiger partial charge in [0, 0.05) is 17.1 Å². The molecule has 0 aromatic heterocycles. The molecule has 0 fully saturated rings. The van der Waals surface area contributed by atoms with E-state index in [2.05, 4.69) is 0 Å². The minimum atomic E-state index is 0.449. The fourth-order valence-electron chi connectivity index (χ4n) is 1.76. The Balaban J connectivity index is 2.49. The molecule has 0 spiro atoms. The second-order valence-electron chi connectivity index (χ2n) is 3.71. The first-order chi connectivity index (χ1) is 8.26. The fourth-order valence-corrected chi connectivity index (χ4v) is 2.02. The van der Waals surface area contributed by atoms with Crippen molar-refractivity contribution in [2.24, 2.45) is 5.73 Å². The Morgan fingerprint density at radius 1 is 1.18 bits per heavy atom. The van der Waals surface area contributed by atoms with Crippen molar-refractivity contribution < 1.29 is 4.74 Å². The molecular formula is C14H14ClNO. The Morgan fingerprint density at radius 3 is 2.59 bits per heavy atom. The minimum absolute atomic E-state index is 0.449. The number of rotatable bonds is 3. The van der Waals surface area contributed by atoms with Crippen molar-refractivity contribution in [1.82, 2.24) is 0 Å². The topological polar surface area (TPSA) is 35.2 Å². The quantitative estimate of drug-likeness (QED) is 0.901. The van der Waals surface area contributed by atoms with Crippen LogP contribution in [0, 0.1) is 0 Å². The highest BCUT2D eigenvalue weighted by atomic mass is 35.5. The summed E-state index contributed by atoms with van der Waals surface area (Å²) in [7, 11) is 1.66. The third-order valence-electron chi connectivity index (χ3n) is 2.69. The van der Waals surface area contributed by atoms with E-state index < -0.39 is 0 Å². The molecule has 0 bridgehead atoms. The number of methoxy groups -OCH3 is 1. The van der Waals surface area contributed by atoms with Crippen molar-refractivity contribution in [3.05, 3.63) is 53.1 Å². The third-order valence-corrected chi connectivity index (χ3v) is 3.04. The summed E-state index contributed by atoms with van der Waals surface area (Å²) in [5, 5.41) is 0.691. The van der Waals surface area contributed by atoms with Crippen LogP contribution in [-0.2, 0) is 6.54 Å². The van der Waals surface area contributed by atoms with Crippen molar-refractivity contribution in [3.8, 4) is 16.9 Å². The van der Waals surface area contributed by atoms with Crippen molar-refractivity contribution in [2.45, 2.75) is 6.54 Å². The summed E-state index contributed by atoms with van der Waals surface area (Å²) in [6.45, 7) is 0.449. The molecule has 0 saturated heterocycles. The monoisotopic (exact) mass is 247 g/mol. The van der Waals surface area contributed by atoms with Gasteiger partial charge >= 0.3 is 0 Å². The first-order valence-electron chi connectivity index (χ1n) is 5.38. The van der Waals surface area contributed by atoms with Gasteiger partial charge in [0.15, 0.2) is 0 Å².